The first-order valence-corrected chi connectivity index (χ1v) is 19.6. The van der Waals surface area contributed by atoms with E-state index in [4.69, 9.17) is 9.72 Å². The second-order valence-electron chi connectivity index (χ2n) is 15.7. The van der Waals surface area contributed by atoms with E-state index in [-0.39, 0.29) is 33.9 Å². The topological polar surface area (TPSA) is 40.8 Å². The molecule has 0 unspecified atom stereocenters. The number of aromatic nitrogens is 5. The second-order valence-corrected chi connectivity index (χ2v) is 15.7. The quantitative estimate of drug-likeness (QED) is 0.123. The van der Waals surface area contributed by atoms with E-state index in [0.717, 1.165) is 55.7 Å². The van der Waals surface area contributed by atoms with Crippen LogP contribution in [-0.4, -0.2) is 18.7 Å². The molecule has 4 aromatic heterocycles. The van der Waals surface area contributed by atoms with E-state index in [1.165, 1.54) is 27.4 Å². The fourth-order valence-corrected chi connectivity index (χ4v) is 8.31. The first-order chi connectivity index (χ1) is 28.4. The number of imidazole rings is 1. The first-order valence-electron chi connectivity index (χ1n) is 19.6. The van der Waals surface area contributed by atoms with Crippen LogP contribution in [0.1, 0.15) is 26.3 Å². The van der Waals surface area contributed by atoms with E-state index >= 15 is 0 Å². The Morgan fingerprint density at radius 2 is 1.22 bits per heavy atom. The molecule has 0 aliphatic rings. The van der Waals surface area contributed by atoms with Crippen molar-refractivity contribution in [3.05, 3.63) is 201 Å². The van der Waals surface area contributed by atoms with Gasteiger partial charge in [0.05, 0.1) is 27.8 Å². The largest absolute Gasteiger partial charge is 4.00 e. The van der Waals surface area contributed by atoms with Crippen LogP contribution in [0.2, 0.25) is 0 Å². The number of hydrogen-bond donors (Lipinski definition) is 0. The monoisotopic (exact) mass is 957 g/mol. The van der Waals surface area contributed by atoms with E-state index < -0.39 is 0 Å². The van der Waals surface area contributed by atoms with Crippen molar-refractivity contribution in [2.75, 3.05) is 0 Å². The SMILES string of the molecule is CC(C)(C)c1ccnc(-n2c3[c-]c(Oc4[c-]c(-n5[c-][n+](-c6ccccc6)c6ccccc65)ccc4)ccc3c3ccc(-n4c5ccccc5c5ccccc54)cc32)c1.[CH3-].[Pt+4]. The summed E-state index contributed by atoms with van der Waals surface area (Å²) in [5, 5.41) is 4.64. The summed E-state index contributed by atoms with van der Waals surface area (Å²) in [6.07, 6.45) is 5.47. The molecule has 0 atom stereocenters. The molecule has 11 rings (SSSR count). The van der Waals surface area contributed by atoms with Crippen LogP contribution < -0.4 is 9.30 Å². The molecule has 0 saturated carbocycles. The predicted octanol–water partition coefficient (Wildman–Crippen LogP) is 12.4. The summed E-state index contributed by atoms with van der Waals surface area (Å²) in [5.41, 5.74) is 10.4. The van der Waals surface area contributed by atoms with Crippen LogP contribution in [-0.2, 0) is 26.5 Å². The van der Waals surface area contributed by atoms with E-state index in [0.29, 0.717) is 11.5 Å². The third kappa shape index (κ3) is 6.39. The zero-order chi connectivity index (χ0) is 39.0. The molecule has 0 fully saturated rings. The first kappa shape index (κ1) is 38.7. The molecular weight excluding hydrogens is 918 g/mol. The number of rotatable bonds is 6. The van der Waals surface area contributed by atoms with Gasteiger partial charge in [-0.15, -0.1) is 29.7 Å². The van der Waals surface area contributed by atoms with Crippen molar-refractivity contribution in [1.29, 1.82) is 0 Å². The Labute approximate surface area is 363 Å². The van der Waals surface area contributed by atoms with E-state index in [9.17, 15) is 0 Å². The van der Waals surface area contributed by atoms with Gasteiger partial charge >= 0.3 is 21.1 Å². The molecule has 0 aliphatic carbocycles. The van der Waals surface area contributed by atoms with Gasteiger partial charge in [0.15, 0.2) is 0 Å². The van der Waals surface area contributed by atoms with Crippen molar-refractivity contribution in [2.45, 2.75) is 26.2 Å². The zero-order valence-corrected chi connectivity index (χ0v) is 35.9. The van der Waals surface area contributed by atoms with Gasteiger partial charge in [-0.2, -0.15) is 18.2 Å². The minimum absolute atomic E-state index is 0. The van der Waals surface area contributed by atoms with E-state index in [1.807, 2.05) is 59.3 Å². The number of fused-ring (bicyclic) bond motifs is 7. The molecule has 0 aliphatic heterocycles. The molecule has 0 N–H and O–H groups in total. The molecule has 0 radical (unpaired) electrons. The summed E-state index contributed by atoms with van der Waals surface area (Å²) in [6, 6.07) is 64.1. The Bertz CT molecular complexity index is 3320. The molecular formula is C53H40N5OPt+. The second kappa shape index (κ2) is 15.1. The predicted molar refractivity (Wildman–Crippen MR) is 239 cm³/mol. The molecule has 292 valence electrons. The van der Waals surface area contributed by atoms with Gasteiger partial charge in [-0.1, -0.05) is 111 Å². The van der Waals surface area contributed by atoms with Crippen molar-refractivity contribution in [2.24, 2.45) is 0 Å². The maximum Gasteiger partial charge on any atom is 4.00 e. The summed E-state index contributed by atoms with van der Waals surface area (Å²) < 4.78 is 15.3. The van der Waals surface area contributed by atoms with Crippen LogP contribution in [0, 0.1) is 25.9 Å². The van der Waals surface area contributed by atoms with Gasteiger partial charge in [-0.05, 0) is 70.6 Å². The van der Waals surface area contributed by atoms with Crippen LogP contribution in [0.15, 0.2) is 170 Å². The third-order valence-corrected chi connectivity index (χ3v) is 11.1. The Morgan fingerprint density at radius 1 is 0.567 bits per heavy atom. The number of hydrogen-bond acceptors (Lipinski definition) is 2. The van der Waals surface area contributed by atoms with Crippen molar-refractivity contribution >= 4 is 54.6 Å². The third-order valence-electron chi connectivity index (χ3n) is 11.1. The van der Waals surface area contributed by atoms with Gasteiger partial charge in [0, 0.05) is 39.7 Å². The van der Waals surface area contributed by atoms with Crippen LogP contribution in [0.25, 0.3) is 77.5 Å². The van der Waals surface area contributed by atoms with Crippen LogP contribution in [0.4, 0.5) is 0 Å². The Morgan fingerprint density at radius 3 is 1.97 bits per heavy atom. The average molecular weight is 958 g/mol. The zero-order valence-electron chi connectivity index (χ0n) is 33.6. The summed E-state index contributed by atoms with van der Waals surface area (Å²) in [7, 11) is 0. The molecule has 60 heavy (non-hydrogen) atoms. The minimum atomic E-state index is -0.0632. The maximum atomic E-state index is 6.61. The summed E-state index contributed by atoms with van der Waals surface area (Å²) in [4.78, 5) is 4.98. The van der Waals surface area contributed by atoms with E-state index in [1.54, 1.807) is 0 Å². The average Bonchev–Trinajstić information content (AvgIpc) is 3.91. The fraction of sp³-hybridized carbons (Fsp3) is 0.0755. The minimum Gasteiger partial charge on any atom is -0.510 e. The summed E-state index contributed by atoms with van der Waals surface area (Å²) in [6.45, 7) is 6.70. The summed E-state index contributed by atoms with van der Waals surface area (Å²) in [5.74, 6) is 1.99. The van der Waals surface area contributed by atoms with Gasteiger partial charge in [0.25, 0.3) is 6.33 Å². The van der Waals surface area contributed by atoms with Crippen LogP contribution in [0.3, 0.4) is 0 Å². The van der Waals surface area contributed by atoms with Crippen LogP contribution >= 0.6 is 0 Å². The van der Waals surface area contributed by atoms with Gasteiger partial charge in [-0.3, -0.25) is 4.57 Å². The van der Waals surface area contributed by atoms with Gasteiger partial charge in [0.1, 0.15) is 5.82 Å². The molecule has 4 heterocycles. The van der Waals surface area contributed by atoms with Crippen molar-refractivity contribution in [1.82, 2.24) is 18.7 Å². The Hall–Kier alpha value is -6.75. The van der Waals surface area contributed by atoms with Gasteiger partial charge in [0.2, 0.25) is 0 Å². The molecule has 6 nitrogen and oxygen atoms in total. The molecule has 7 heteroatoms. The number of nitrogens with zero attached hydrogens (tertiary/aromatic N) is 5. The number of benzene rings is 7. The van der Waals surface area contributed by atoms with Gasteiger partial charge < -0.3 is 25.9 Å². The van der Waals surface area contributed by atoms with Crippen molar-refractivity contribution in [3.8, 4) is 34.4 Å². The molecule has 0 amide bonds. The molecule has 11 aromatic rings. The number of para-hydroxylation sites is 5. The Kier molecular flexibility index (Phi) is 9.77. The number of pyridine rings is 1. The standard InChI is InChI=1S/C52H37N5O.CH3.Pt/c1-52(2,3)35-28-29-53-51(30-35)57-49-32-38(56-45-20-9-7-18-41(45)42-19-8-10-21-46(42)56)24-26-43(49)44-27-25-40(33-50(44)57)58-39-17-13-16-37(31-39)55-34-54(36-14-5-4-6-15-36)47-22-11-12-23-48(47)55;;/h4-30,32H,1-3H3;1H3;/q-2;-1;+4. The smallest absolute Gasteiger partial charge is 0.510 e. The number of ether oxygens (including phenoxy) is 1. The normalized spacial score (nSPS) is 11.7. The molecule has 7 aromatic carbocycles. The fourth-order valence-electron chi connectivity index (χ4n) is 8.31. The van der Waals surface area contributed by atoms with Crippen molar-refractivity contribution < 1.29 is 30.4 Å². The van der Waals surface area contributed by atoms with Crippen LogP contribution in [0.5, 0.6) is 11.5 Å². The van der Waals surface area contributed by atoms with Gasteiger partial charge in [-0.25, -0.2) is 4.98 Å². The molecule has 0 bridgehead atoms. The van der Waals surface area contributed by atoms with E-state index in [2.05, 4.69) is 168 Å². The maximum absolute atomic E-state index is 6.61. The van der Waals surface area contributed by atoms with Crippen molar-refractivity contribution in [3.63, 3.8) is 0 Å². The molecule has 0 spiro atoms. The molecule has 0 saturated heterocycles. The Balaban J connectivity index is 0.00000231. The summed E-state index contributed by atoms with van der Waals surface area (Å²) >= 11 is 0.